The van der Waals surface area contributed by atoms with Crippen molar-refractivity contribution in [2.24, 2.45) is 4.99 Å². The highest BCUT2D eigenvalue weighted by molar-refractivity contribution is 5.79. The number of aliphatic imine (C=N–C) groups is 1. The Kier molecular flexibility index (Phi) is 7.82. The number of aromatic nitrogens is 2. The summed E-state index contributed by atoms with van der Waals surface area (Å²) in [5.41, 5.74) is 1.93. The van der Waals surface area contributed by atoms with Crippen molar-refractivity contribution >= 4 is 5.96 Å². The van der Waals surface area contributed by atoms with Crippen LogP contribution in [-0.4, -0.2) is 35.9 Å². The Hall–Kier alpha value is -2.50. The molecule has 25 heavy (non-hydrogen) atoms. The van der Waals surface area contributed by atoms with Crippen LogP contribution < -0.4 is 15.4 Å². The highest BCUT2D eigenvalue weighted by Gasteiger charge is 2.03. The van der Waals surface area contributed by atoms with E-state index in [1.54, 1.807) is 7.11 Å². The standard InChI is InChI=1S/C19H29N5O/c1-4-6-7-13-21-19(20-5-2)22-15-16-12-14-24(23-16)17-8-10-18(25-3)11-9-17/h8-12,14H,4-7,13,15H2,1-3H3,(H2,20,21,22). The van der Waals surface area contributed by atoms with Crippen LogP contribution in [0, 0.1) is 0 Å². The summed E-state index contributed by atoms with van der Waals surface area (Å²) < 4.78 is 7.04. The molecule has 1 aromatic heterocycles. The Morgan fingerprint density at radius 3 is 2.60 bits per heavy atom. The van der Waals surface area contributed by atoms with Gasteiger partial charge < -0.3 is 15.4 Å². The fourth-order valence-corrected chi connectivity index (χ4v) is 2.41. The van der Waals surface area contributed by atoms with E-state index in [4.69, 9.17) is 4.74 Å². The van der Waals surface area contributed by atoms with Crippen molar-refractivity contribution in [3.8, 4) is 11.4 Å². The average Bonchev–Trinajstić information content (AvgIpc) is 3.12. The molecule has 2 N–H and O–H groups in total. The molecule has 0 bridgehead atoms. The van der Waals surface area contributed by atoms with Crippen molar-refractivity contribution < 1.29 is 4.74 Å². The normalized spacial score (nSPS) is 11.4. The van der Waals surface area contributed by atoms with Crippen LogP contribution in [0.3, 0.4) is 0 Å². The molecular formula is C19H29N5O. The Morgan fingerprint density at radius 2 is 1.92 bits per heavy atom. The van der Waals surface area contributed by atoms with E-state index >= 15 is 0 Å². The number of rotatable bonds is 9. The first-order chi connectivity index (χ1) is 12.3. The molecular weight excluding hydrogens is 314 g/mol. The molecule has 0 radical (unpaired) electrons. The lowest BCUT2D eigenvalue weighted by molar-refractivity contribution is 0.414. The molecule has 2 rings (SSSR count). The zero-order chi connectivity index (χ0) is 17.9. The average molecular weight is 343 g/mol. The second-order valence-corrected chi connectivity index (χ2v) is 5.78. The van der Waals surface area contributed by atoms with E-state index in [1.165, 1.54) is 12.8 Å². The topological polar surface area (TPSA) is 63.5 Å². The summed E-state index contributed by atoms with van der Waals surface area (Å²) >= 11 is 0. The SMILES string of the molecule is CCCCCNC(=NCc1ccn(-c2ccc(OC)cc2)n1)NCC. The summed E-state index contributed by atoms with van der Waals surface area (Å²) in [4.78, 5) is 4.61. The van der Waals surface area contributed by atoms with Crippen LogP contribution >= 0.6 is 0 Å². The third-order valence-electron chi connectivity index (χ3n) is 3.80. The van der Waals surface area contributed by atoms with E-state index in [0.717, 1.165) is 42.6 Å². The third kappa shape index (κ3) is 6.14. The predicted molar refractivity (Wildman–Crippen MR) is 102 cm³/mol. The monoisotopic (exact) mass is 343 g/mol. The first-order valence-corrected chi connectivity index (χ1v) is 8.98. The van der Waals surface area contributed by atoms with Gasteiger partial charge in [0, 0.05) is 19.3 Å². The van der Waals surface area contributed by atoms with Gasteiger partial charge in [-0.3, -0.25) is 0 Å². The number of nitrogens with zero attached hydrogens (tertiary/aromatic N) is 3. The van der Waals surface area contributed by atoms with Gasteiger partial charge >= 0.3 is 0 Å². The maximum atomic E-state index is 5.18. The molecule has 6 nitrogen and oxygen atoms in total. The summed E-state index contributed by atoms with van der Waals surface area (Å²) in [6, 6.07) is 9.82. The highest BCUT2D eigenvalue weighted by Crippen LogP contribution is 2.14. The zero-order valence-corrected chi connectivity index (χ0v) is 15.5. The van der Waals surface area contributed by atoms with E-state index in [0.29, 0.717) is 6.54 Å². The Bertz CT molecular complexity index is 648. The summed E-state index contributed by atoms with van der Waals surface area (Å²) in [6.45, 7) is 6.62. The lowest BCUT2D eigenvalue weighted by atomic mass is 10.2. The van der Waals surface area contributed by atoms with Crippen molar-refractivity contribution in [2.75, 3.05) is 20.2 Å². The van der Waals surface area contributed by atoms with Gasteiger partial charge in [0.1, 0.15) is 5.75 Å². The summed E-state index contributed by atoms with van der Waals surface area (Å²) in [5, 5.41) is 11.2. The molecule has 0 unspecified atom stereocenters. The molecule has 0 spiro atoms. The van der Waals surface area contributed by atoms with E-state index in [9.17, 15) is 0 Å². The van der Waals surface area contributed by atoms with E-state index in [2.05, 4.69) is 34.6 Å². The fraction of sp³-hybridized carbons (Fsp3) is 0.474. The molecule has 1 heterocycles. The molecule has 0 saturated heterocycles. The van der Waals surface area contributed by atoms with Crippen molar-refractivity contribution in [3.63, 3.8) is 0 Å². The summed E-state index contributed by atoms with van der Waals surface area (Å²) in [5.74, 6) is 1.68. The van der Waals surface area contributed by atoms with Crippen LogP contribution in [0.25, 0.3) is 5.69 Å². The van der Waals surface area contributed by atoms with E-state index < -0.39 is 0 Å². The highest BCUT2D eigenvalue weighted by atomic mass is 16.5. The van der Waals surface area contributed by atoms with Crippen LogP contribution in [0.1, 0.15) is 38.8 Å². The van der Waals surface area contributed by atoms with Crippen LogP contribution in [0.5, 0.6) is 5.75 Å². The second kappa shape index (κ2) is 10.4. The molecule has 6 heteroatoms. The minimum Gasteiger partial charge on any atom is -0.497 e. The van der Waals surface area contributed by atoms with Crippen molar-refractivity contribution in [1.29, 1.82) is 0 Å². The number of ether oxygens (including phenoxy) is 1. The van der Waals surface area contributed by atoms with Crippen LogP contribution in [0.15, 0.2) is 41.5 Å². The van der Waals surface area contributed by atoms with Crippen LogP contribution in [-0.2, 0) is 6.54 Å². The van der Waals surface area contributed by atoms with Gasteiger partial charge in [-0.05, 0) is 43.7 Å². The van der Waals surface area contributed by atoms with Crippen molar-refractivity contribution in [3.05, 3.63) is 42.2 Å². The molecule has 0 aliphatic heterocycles. The molecule has 0 aliphatic rings. The molecule has 0 fully saturated rings. The first-order valence-electron chi connectivity index (χ1n) is 8.98. The van der Waals surface area contributed by atoms with Crippen LogP contribution in [0.4, 0.5) is 0 Å². The quantitative estimate of drug-likeness (QED) is 0.417. The number of unbranched alkanes of at least 4 members (excludes halogenated alkanes) is 2. The maximum Gasteiger partial charge on any atom is 0.191 e. The number of benzene rings is 1. The smallest absolute Gasteiger partial charge is 0.191 e. The van der Waals surface area contributed by atoms with Gasteiger partial charge in [0.2, 0.25) is 0 Å². The maximum absolute atomic E-state index is 5.18. The van der Waals surface area contributed by atoms with E-state index in [-0.39, 0.29) is 0 Å². The second-order valence-electron chi connectivity index (χ2n) is 5.78. The molecule has 1 aromatic carbocycles. The number of hydrogen-bond acceptors (Lipinski definition) is 3. The van der Waals surface area contributed by atoms with Gasteiger partial charge in [0.05, 0.1) is 25.0 Å². The largest absolute Gasteiger partial charge is 0.497 e. The molecule has 0 aliphatic carbocycles. The molecule has 136 valence electrons. The number of hydrogen-bond donors (Lipinski definition) is 2. The minimum absolute atomic E-state index is 0.548. The minimum atomic E-state index is 0.548. The van der Waals surface area contributed by atoms with Crippen molar-refractivity contribution in [1.82, 2.24) is 20.4 Å². The third-order valence-corrected chi connectivity index (χ3v) is 3.80. The number of methoxy groups -OCH3 is 1. The van der Waals surface area contributed by atoms with Gasteiger partial charge in [0.15, 0.2) is 5.96 Å². The molecule has 2 aromatic rings. The first kappa shape index (κ1) is 18.8. The number of nitrogens with one attached hydrogen (secondary N) is 2. The van der Waals surface area contributed by atoms with Gasteiger partial charge in [-0.1, -0.05) is 19.8 Å². The number of guanidine groups is 1. The molecule has 0 saturated carbocycles. The van der Waals surface area contributed by atoms with E-state index in [1.807, 2.05) is 41.2 Å². The Labute approximate surface area is 150 Å². The van der Waals surface area contributed by atoms with Gasteiger partial charge in [-0.25, -0.2) is 9.67 Å². The summed E-state index contributed by atoms with van der Waals surface area (Å²) in [6.07, 6.45) is 5.57. The molecule has 0 amide bonds. The zero-order valence-electron chi connectivity index (χ0n) is 15.5. The van der Waals surface area contributed by atoms with Gasteiger partial charge in [-0.2, -0.15) is 5.10 Å². The molecule has 0 atom stereocenters. The van der Waals surface area contributed by atoms with Crippen LogP contribution in [0.2, 0.25) is 0 Å². The fourth-order valence-electron chi connectivity index (χ4n) is 2.41. The predicted octanol–water partition coefficient (Wildman–Crippen LogP) is 3.13. The van der Waals surface area contributed by atoms with Crippen molar-refractivity contribution in [2.45, 2.75) is 39.7 Å². The van der Waals surface area contributed by atoms with Gasteiger partial charge in [-0.15, -0.1) is 0 Å². The lowest BCUT2D eigenvalue weighted by Crippen LogP contribution is -2.37. The summed E-state index contributed by atoms with van der Waals surface area (Å²) in [7, 11) is 1.66. The lowest BCUT2D eigenvalue weighted by Gasteiger charge is -2.10. The Morgan fingerprint density at radius 1 is 1.12 bits per heavy atom. The Balaban J connectivity index is 1.95. The van der Waals surface area contributed by atoms with Gasteiger partial charge in [0.25, 0.3) is 0 Å².